The fourth-order valence-corrected chi connectivity index (χ4v) is 2.04. The Morgan fingerprint density at radius 3 is 2.86 bits per heavy atom. The lowest BCUT2D eigenvalue weighted by Gasteiger charge is -2.08. The number of benzene rings is 1. The first-order valence-electron chi connectivity index (χ1n) is 6.66. The summed E-state index contributed by atoms with van der Waals surface area (Å²) >= 11 is 0. The van der Waals surface area contributed by atoms with Gasteiger partial charge in [-0.1, -0.05) is 19.1 Å². The van der Waals surface area contributed by atoms with Gasteiger partial charge in [-0.05, 0) is 31.0 Å². The SMILES string of the molecule is CCCn1nc(C)c([N+](=O)[O-])c1Oc1cccc(CO)c1. The highest BCUT2D eigenvalue weighted by atomic mass is 16.6. The van der Waals surface area contributed by atoms with Crippen LogP contribution in [0.3, 0.4) is 0 Å². The molecule has 0 unspecified atom stereocenters. The van der Waals surface area contributed by atoms with Crippen LogP contribution in [0.1, 0.15) is 24.6 Å². The first kappa shape index (κ1) is 15.0. The topological polar surface area (TPSA) is 90.4 Å². The normalized spacial score (nSPS) is 10.6. The zero-order valence-electron chi connectivity index (χ0n) is 11.9. The number of nitro groups is 1. The molecule has 0 bridgehead atoms. The van der Waals surface area contributed by atoms with E-state index in [0.29, 0.717) is 23.6 Å². The zero-order chi connectivity index (χ0) is 15.4. The molecular weight excluding hydrogens is 274 g/mol. The first-order chi connectivity index (χ1) is 10.1. The molecular formula is C14H17N3O4. The number of aliphatic hydroxyl groups is 1. The summed E-state index contributed by atoms with van der Waals surface area (Å²) in [5.74, 6) is 0.552. The van der Waals surface area contributed by atoms with Gasteiger partial charge in [-0.15, -0.1) is 0 Å². The maximum Gasteiger partial charge on any atom is 0.353 e. The van der Waals surface area contributed by atoms with Crippen molar-refractivity contribution in [2.75, 3.05) is 0 Å². The summed E-state index contributed by atoms with van der Waals surface area (Å²) in [6.07, 6.45) is 0.783. The lowest BCUT2D eigenvalue weighted by molar-refractivity contribution is -0.386. The van der Waals surface area contributed by atoms with Gasteiger partial charge in [-0.2, -0.15) is 5.10 Å². The van der Waals surface area contributed by atoms with Crippen LogP contribution in [0.25, 0.3) is 0 Å². The Hall–Kier alpha value is -2.41. The minimum atomic E-state index is -0.486. The van der Waals surface area contributed by atoms with Crippen LogP contribution in [0.5, 0.6) is 11.6 Å². The van der Waals surface area contributed by atoms with Crippen molar-refractivity contribution in [2.24, 2.45) is 0 Å². The third kappa shape index (κ3) is 3.19. The lowest BCUT2D eigenvalue weighted by atomic mass is 10.2. The van der Waals surface area contributed by atoms with Crippen LogP contribution in [-0.2, 0) is 13.2 Å². The van der Waals surface area contributed by atoms with Gasteiger partial charge >= 0.3 is 5.69 Å². The fraction of sp³-hybridized carbons (Fsp3) is 0.357. The monoisotopic (exact) mass is 291 g/mol. The molecule has 21 heavy (non-hydrogen) atoms. The highest BCUT2D eigenvalue weighted by Crippen LogP contribution is 2.34. The number of aryl methyl sites for hydroxylation is 2. The second kappa shape index (κ2) is 6.36. The van der Waals surface area contributed by atoms with Crippen molar-refractivity contribution in [2.45, 2.75) is 33.4 Å². The van der Waals surface area contributed by atoms with Crippen LogP contribution < -0.4 is 4.74 Å². The van der Waals surface area contributed by atoms with Crippen molar-refractivity contribution >= 4 is 5.69 Å². The Kier molecular flexibility index (Phi) is 4.54. The number of aliphatic hydroxyl groups excluding tert-OH is 1. The molecule has 0 fully saturated rings. The highest BCUT2D eigenvalue weighted by molar-refractivity contribution is 5.48. The average Bonchev–Trinajstić information content (AvgIpc) is 2.75. The van der Waals surface area contributed by atoms with Crippen LogP contribution >= 0.6 is 0 Å². The van der Waals surface area contributed by atoms with Gasteiger partial charge in [0, 0.05) is 6.54 Å². The maximum atomic E-state index is 11.2. The summed E-state index contributed by atoms with van der Waals surface area (Å²) in [6.45, 7) is 3.95. The van der Waals surface area contributed by atoms with Crippen LogP contribution in [0.2, 0.25) is 0 Å². The fourth-order valence-electron chi connectivity index (χ4n) is 2.04. The molecule has 2 rings (SSSR count). The van der Waals surface area contributed by atoms with Crippen LogP contribution in [-0.4, -0.2) is 19.8 Å². The van der Waals surface area contributed by atoms with Gasteiger partial charge in [-0.3, -0.25) is 10.1 Å². The van der Waals surface area contributed by atoms with Crippen molar-refractivity contribution in [1.82, 2.24) is 9.78 Å². The van der Waals surface area contributed by atoms with E-state index in [1.165, 1.54) is 4.68 Å². The Morgan fingerprint density at radius 2 is 2.24 bits per heavy atom. The smallest absolute Gasteiger partial charge is 0.353 e. The summed E-state index contributed by atoms with van der Waals surface area (Å²) in [5.41, 5.74) is 0.869. The predicted octanol–water partition coefficient (Wildman–Crippen LogP) is 2.79. The molecule has 2 aromatic rings. The van der Waals surface area contributed by atoms with Gasteiger partial charge in [0.1, 0.15) is 11.4 Å². The molecule has 0 saturated carbocycles. The molecule has 0 saturated heterocycles. The van der Waals surface area contributed by atoms with E-state index in [4.69, 9.17) is 9.84 Å². The van der Waals surface area contributed by atoms with Gasteiger partial charge < -0.3 is 9.84 Å². The molecule has 0 atom stereocenters. The molecule has 0 aliphatic rings. The Balaban J connectivity index is 2.43. The van der Waals surface area contributed by atoms with Gasteiger partial charge in [0.15, 0.2) is 0 Å². The second-order valence-corrected chi connectivity index (χ2v) is 4.63. The van der Waals surface area contributed by atoms with E-state index in [-0.39, 0.29) is 18.2 Å². The van der Waals surface area contributed by atoms with Crippen LogP contribution in [0, 0.1) is 17.0 Å². The van der Waals surface area contributed by atoms with Crippen molar-refractivity contribution in [3.05, 3.63) is 45.6 Å². The number of rotatable bonds is 6. The number of ether oxygens (including phenoxy) is 1. The van der Waals surface area contributed by atoms with E-state index >= 15 is 0 Å². The quantitative estimate of drug-likeness (QED) is 0.652. The minimum Gasteiger partial charge on any atom is -0.434 e. The molecule has 1 aromatic heterocycles. The summed E-state index contributed by atoms with van der Waals surface area (Å²) in [5, 5.41) is 24.5. The lowest BCUT2D eigenvalue weighted by Crippen LogP contribution is -2.03. The van der Waals surface area contributed by atoms with E-state index in [1.807, 2.05) is 6.92 Å². The van der Waals surface area contributed by atoms with Crippen molar-refractivity contribution in [1.29, 1.82) is 0 Å². The van der Waals surface area contributed by atoms with Gasteiger partial charge in [0.25, 0.3) is 5.88 Å². The van der Waals surface area contributed by atoms with E-state index in [0.717, 1.165) is 6.42 Å². The van der Waals surface area contributed by atoms with E-state index in [9.17, 15) is 10.1 Å². The van der Waals surface area contributed by atoms with E-state index in [1.54, 1.807) is 31.2 Å². The second-order valence-electron chi connectivity index (χ2n) is 4.63. The Labute approximate surface area is 121 Å². The highest BCUT2D eigenvalue weighted by Gasteiger charge is 2.27. The summed E-state index contributed by atoms with van der Waals surface area (Å²) < 4.78 is 7.16. The third-order valence-electron chi connectivity index (χ3n) is 2.96. The molecule has 0 amide bonds. The molecule has 7 nitrogen and oxygen atoms in total. The summed E-state index contributed by atoms with van der Waals surface area (Å²) in [7, 11) is 0. The maximum absolute atomic E-state index is 11.2. The van der Waals surface area contributed by atoms with Crippen molar-refractivity contribution < 1.29 is 14.8 Å². The Bertz CT molecular complexity index is 652. The van der Waals surface area contributed by atoms with Crippen LogP contribution in [0.4, 0.5) is 5.69 Å². The molecule has 1 aromatic carbocycles. The number of aromatic nitrogens is 2. The standard InChI is InChI=1S/C14H17N3O4/c1-3-7-16-14(13(17(19)20)10(2)15-16)21-12-6-4-5-11(8-12)9-18/h4-6,8,18H,3,7,9H2,1-2H3. The number of hydrogen-bond acceptors (Lipinski definition) is 5. The van der Waals surface area contributed by atoms with Gasteiger partial charge in [0.05, 0.1) is 11.5 Å². The minimum absolute atomic E-state index is 0.119. The molecule has 1 heterocycles. The molecule has 0 aliphatic carbocycles. The number of nitrogens with zero attached hydrogens (tertiary/aromatic N) is 3. The third-order valence-corrected chi connectivity index (χ3v) is 2.96. The van der Waals surface area contributed by atoms with Gasteiger partial charge in [0.2, 0.25) is 0 Å². The largest absolute Gasteiger partial charge is 0.434 e. The summed E-state index contributed by atoms with van der Waals surface area (Å²) in [4.78, 5) is 10.7. The first-order valence-corrected chi connectivity index (χ1v) is 6.66. The van der Waals surface area contributed by atoms with Crippen molar-refractivity contribution in [3.63, 3.8) is 0 Å². The zero-order valence-corrected chi connectivity index (χ0v) is 11.9. The van der Waals surface area contributed by atoms with E-state index in [2.05, 4.69) is 5.10 Å². The molecule has 7 heteroatoms. The summed E-state index contributed by atoms with van der Waals surface area (Å²) in [6, 6.07) is 6.79. The molecule has 0 aliphatic heterocycles. The molecule has 0 radical (unpaired) electrons. The van der Waals surface area contributed by atoms with E-state index < -0.39 is 4.92 Å². The van der Waals surface area contributed by atoms with Gasteiger partial charge in [-0.25, -0.2) is 4.68 Å². The average molecular weight is 291 g/mol. The molecule has 0 spiro atoms. The molecule has 112 valence electrons. The predicted molar refractivity (Wildman–Crippen MR) is 76.3 cm³/mol. The number of hydrogen-bond donors (Lipinski definition) is 1. The van der Waals surface area contributed by atoms with Crippen LogP contribution in [0.15, 0.2) is 24.3 Å². The molecule has 1 N–H and O–H groups in total. The Morgan fingerprint density at radius 1 is 1.48 bits per heavy atom. The van der Waals surface area contributed by atoms with Crippen molar-refractivity contribution in [3.8, 4) is 11.6 Å².